The molecule has 0 bridgehead atoms. The van der Waals surface area contributed by atoms with E-state index in [-0.39, 0.29) is 23.9 Å². The Morgan fingerprint density at radius 2 is 1.78 bits per heavy atom. The first-order valence-electron chi connectivity index (χ1n) is 6.52. The van der Waals surface area contributed by atoms with E-state index in [0.29, 0.717) is 0 Å². The maximum absolute atomic E-state index is 11.2. The van der Waals surface area contributed by atoms with Crippen molar-refractivity contribution in [3.05, 3.63) is 12.7 Å². The smallest absolute Gasteiger partial charge is 0.330 e. The zero-order valence-corrected chi connectivity index (χ0v) is 14.7. The van der Waals surface area contributed by atoms with Crippen LogP contribution in [-0.2, 0) is 18.4 Å². The van der Waals surface area contributed by atoms with Crippen LogP contribution in [0.1, 0.15) is 41.0 Å². The molecule has 4 nitrogen and oxygen atoms in total. The lowest BCUT2D eigenvalue weighted by Gasteiger charge is -2.24. The van der Waals surface area contributed by atoms with Crippen molar-refractivity contribution in [2.75, 3.05) is 0 Å². The Balaban J connectivity index is 4.40. The zero-order valence-electron chi connectivity index (χ0n) is 12.1. The van der Waals surface area contributed by atoms with E-state index >= 15 is 0 Å². The summed E-state index contributed by atoms with van der Waals surface area (Å²) >= 11 is 0. The topological polar surface area (TPSA) is 44.8 Å². The fraction of sp³-hybridized carbons (Fsp3) is 0.750. The number of rotatable bonds is 9. The second-order valence-electron chi connectivity index (χ2n) is 4.71. The molecule has 0 N–H and O–H groups in total. The Hall–Kier alpha value is -0.436. The van der Waals surface area contributed by atoms with Gasteiger partial charge in [0, 0.05) is 18.3 Å². The van der Waals surface area contributed by atoms with Crippen molar-refractivity contribution in [3.63, 3.8) is 0 Å². The molecule has 0 aliphatic rings. The SMILES string of the molecule is C=CC(=O)OC(CC)[SiH2][SiH](OC(C)C)OC(C)C. The van der Waals surface area contributed by atoms with E-state index in [1.54, 1.807) is 0 Å². The van der Waals surface area contributed by atoms with Gasteiger partial charge >= 0.3 is 5.97 Å². The number of esters is 1. The lowest BCUT2D eigenvalue weighted by atomic mass is 10.5. The Morgan fingerprint density at radius 3 is 2.11 bits per heavy atom. The van der Waals surface area contributed by atoms with Crippen LogP contribution in [0, 0.1) is 0 Å². The molecule has 0 saturated carbocycles. The summed E-state index contributed by atoms with van der Waals surface area (Å²) < 4.78 is 17.1. The van der Waals surface area contributed by atoms with Crippen molar-refractivity contribution in [2.24, 2.45) is 0 Å². The van der Waals surface area contributed by atoms with Crippen molar-refractivity contribution < 1.29 is 18.4 Å². The van der Waals surface area contributed by atoms with Crippen molar-refractivity contribution in [3.8, 4) is 0 Å². The summed E-state index contributed by atoms with van der Waals surface area (Å²) in [6.07, 6.45) is 2.36. The molecule has 0 aromatic carbocycles. The van der Waals surface area contributed by atoms with Crippen molar-refractivity contribution in [2.45, 2.75) is 59.0 Å². The van der Waals surface area contributed by atoms with Gasteiger partial charge in [-0.1, -0.05) is 13.5 Å². The first-order chi connectivity index (χ1) is 8.38. The lowest BCUT2D eigenvalue weighted by molar-refractivity contribution is -0.139. The first kappa shape index (κ1) is 17.6. The van der Waals surface area contributed by atoms with Crippen molar-refractivity contribution in [1.29, 1.82) is 0 Å². The standard InChI is InChI=1S/C12H26O4Si2/c1-7-11(13)14-12(8-2)17-18(15-9(3)4)16-10(5)6/h7,9-10,12,18H,1,8,17H2,2-6H3. The van der Waals surface area contributed by atoms with Crippen LogP contribution in [0.15, 0.2) is 12.7 Å². The molecule has 106 valence electrons. The third-order valence-electron chi connectivity index (χ3n) is 2.21. The van der Waals surface area contributed by atoms with Crippen molar-refractivity contribution in [1.82, 2.24) is 0 Å². The minimum atomic E-state index is -1.67. The highest BCUT2D eigenvalue weighted by atomic mass is 29.2. The monoisotopic (exact) mass is 290 g/mol. The molecule has 0 saturated heterocycles. The summed E-state index contributed by atoms with van der Waals surface area (Å²) in [4.78, 5) is 11.2. The molecule has 6 heteroatoms. The van der Waals surface area contributed by atoms with Crippen LogP contribution >= 0.6 is 0 Å². The molecular formula is C12H26O4Si2. The molecule has 0 aromatic heterocycles. The molecular weight excluding hydrogens is 264 g/mol. The number of hydrogen-bond donors (Lipinski definition) is 0. The van der Waals surface area contributed by atoms with Gasteiger partial charge in [0.05, 0.1) is 5.73 Å². The Bertz CT molecular complexity index is 246. The normalized spacial score (nSPS) is 13.8. The van der Waals surface area contributed by atoms with Gasteiger partial charge in [0.25, 0.3) is 8.80 Å². The predicted molar refractivity (Wildman–Crippen MR) is 78.5 cm³/mol. The summed E-state index contributed by atoms with van der Waals surface area (Å²) in [6.45, 7) is 13.5. The third kappa shape index (κ3) is 8.62. The zero-order chi connectivity index (χ0) is 14.1. The summed E-state index contributed by atoms with van der Waals surface area (Å²) in [5.74, 6) is -0.351. The number of ether oxygens (including phenoxy) is 1. The maximum atomic E-state index is 11.2. The minimum absolute atomic E-state index is 0.00957. The fourth-order valence-electron chi connectivity index (χ4n) is 1.48. The van der Waals surface area contributed by atoms with E-state index in [1.807, 2.05) is 34.6 Å². The molecule has 0 amide bonds. The van der Waals surface area contributed by atoms with E-state index < -0.39 is 17.8 Å². The summed E-state index contributed by atoms with van der Waals surface area (Å²) in [5.41, 5.74) is -0.00957. The van der Waals surface area contributed by atoms with E-state index in [1.165, 1.54) is 6.08 Å². The predicted octanol–water partition coefficient (Wildman–Crippen LogP) is 1.19. The number of hydrogen-bond acceptors (Lipinski definition) is 4. The van der Waals surface area contributed by atoms with Crippen LogP contribution in [0.5, 0.6) is 0 Å². The van der Waals surface area contributed by atoms with E-state index in [4.69, 9.17) is 13.6 Å². The molecule has 0 spiro atoms. The summed E-state index contributed by atoms with van der Waals surface area (Å²) in [5, 5.41) is 0. The first-order valence-corrected chi connectivity index (χ1v) is 11.6. The van der Waals surface area contributed by atoms with Crippen LogP contribution in [0.3, 0.4) is 0 Å². The molecule has 0 aliphatic carbocycles. The highest BCUT2D eigenvalue weighted by molar-refractivity contribution is 7.06. The maximum Gasteiger partial charge on any atom is 0.330 e. The van der Waals surface area contributed by atoms with Gasteiger partial charge < -0.3 is 13.6 Å². The van der Waals surface area contributed by atoms with E-state index in [2.05, 4.69) is 6.58 Å². The highest BCUT2D eigenvalue weighted by Crippen LogP contribution is 2.05. The van der Waals surface area contributed by atoms with Crippen molar-refractivity contribution >= 4 is 23.8 Å². The van der Waals surface area contributed by atoms with Gasteiger partial charge in [-0.3, -0.25) is 0 Å². The molecule has 0 rings (SSSR count). The molecule has 0 fully saturated rings. The Morgan fingerprint density at radius 1 is 1.28 bits per heavy atom. The lowest BCUT2D eigenvalue weighted by Crippen LogP contribution is -2.42. The second-order valence-corrected chi connectivity index (χ2v) is 10.9. The molecule has 1 unspecified atom stereocenters. The Kier molecular flexibility index (Phi) is 9.26. The third-order valence-corrected chi connectivity index (χ3v) is 9.45. The molecule has 0 aliphatic heterocycles. The second kappa shape index (κ2) is 9.49. The van der Waals surface area contributed by atoms with Gasteiger partial charge in [-0.2, -0.15) is 0 Å². The van der Waals surface area contributed by atoms with E-state index in [9.17, 15) is 4.79 Å². The van der Waals surface area contributed by atoms with Crippen LogP contribution in [-0.4, -0.2) is 41.7 Å². The number of carbonyl (C=O) groups excluding carboxylic acids is 1. The molecule has 0 radical (unpaired) electrons. The molecule has 0 heterocycles. The average Bonchev–Trinajstić information content (AvgIpc) is 2.25. The van der Waals surface area contributed by atoms with Crippen LogP contribution < -0.4 is 0 Å². The Labute approximate surface area is 114 Å². The number of carbonyl (C=O) groups is 1. The molecule has 18 heavy (non-hydrogen) atoms. The van der Waals surface area contributed by atoms with Gasteiger partial charge in [0.1, 0.15) is 9.04 Å². The summed E-state index contributed by atoms with van der Waals surface area (Å²) in [7, 11) is -2.36. The molecule has 1 atom stereocenters. The van der Waals surface area contributed by atoms with Gasteiger partial charge in [0.15, 0.2) is 0 Å². The van der Waals surface area contributed by atoms with Crippen LogP contribution in [0.2, 0.25) is 0 Å². The fourth-order valence-corrected chi connectivity index (χ4v) is 9.55. The minimum Gasteiger partial charge on any atom is -0.464 e. The average molecular weight is 291 g/mol. The molecule has 0 aromatic rings. The largest absolute Gasteiger partial charge is 0.464 e. The highest BCUT2D eigenvalue weighted by Gasteiger charge is 2.24. The van der Waals surface area contributed by atoms with E-state index in [0.717, 1.165) is 6.42 Å². The van der Waals surface area contributed by atoms with Crippen LogP contribution in [0.25, 0.3) is 0 Å². The van der Waals surface area contributed by atoms with Gasteiger partial charge in [-0.15, -0.1) is 0 Å². The quantitative estimate of drug-likeness (QED) is 0.363. The van der Waals surface area contributed by atoms with Gasteiger partial charge in [-0.05, 0) is 34.1 Å². The van der Waals surface area contributed by atoms with Gasteiger partial charge in [-0.25, -0.2) is 4.79 Å². The summed E-state index contributed by atoms with van der Waals surface area (Å²) in [6, 6.07) is 0. The van der Waals surface area contributed by atoms with Gasteiger partial charge in [0.2, 0.25) is 0 Å². The van der Waals surface area contributed by atoms with Crippen LogP contribution in [0.4, 0.5) is 0 Å².